The van der Waals surface area contributed by atoms with Crippen molar-refractivity contribution in [2.75, 3.05) is 24.2 Å². The first-order valence-electron chi connectivity index (χ1n) is 7.51. The van der Waals surface area contributed by atoms with Crippen LogP contribution in [-0.2, 0) is 4.79 Å². The Labute approximate surface area is 140 Å². The minimum absolute atomic E-state index is 0.0736. The number of hydrogen-bond donors (Lipinski definition) is 2. The molecule has 0 fully saturated rings. The second kappa shape index (κ2) is 7.59. The molecule has 6 heteroatoms. The maximum Gasteiger partial charge on any atom is 0.322 e. The highest BCUT2D eigenvalue weighted by molar-refractivity contribution is 5.97. The van der Waals surface area contributed by atoms with Gasteiger partial charge in [-0.05, 0) is 37.1 Å². The van der Waals surface area contributed by atoms with Gasteiger partial charge in [0.25, 0.3) is 0 Å². The van der Waals surface area contributed by atoms with Crippen LogP contribution in [0.25, 0.3) is 0 Å². The highest BCUT2D eigenvalue weighted by Gasteiger charge is 2.15. The third-order valence-electron chi connectivity index (χ3n) is 3.59. The molecule has 3 amide bonds. The number of urea groups is 1. The summed E-state index contributed by atoms with van der Waals surface area (Å²) in [6.07, 6.45) is 0. The number of benzene rings is 2. The lowest BCUT2D eigenvalue weighted by atomic mass is 10.1. The molecule has 2 aromatic rings. The second-order valence-corrected chi connectivity index (χ2v) is 5.58. The molecule has 2 N–H and O–H groups in total. The van der Waals surface area contributed by atoms with Gasteiger partial charge < -0.3 is 15.5 Å². The first-order chi connectivity index (χ1) is 11.4. The second-order valence-electron chi connectivity index (χ2n) is 5.58. The predicted octanol–water partition coefficient (Wildman–Crippen LogP) is 3.54. The Hall–Kier alpha value is -2.89. The lowest BCUT2D eigenvalue weighted by Gasteiger charge is -2.19. The number of hydrogen-bond acceptors (Lipinski definition) is 2. The third kappa shape index (κ3) is 4.32. The quantitative estimate of drug-likeness (QED) is 0.901. The van der Waals surface area contributed by atoms with Crippen LogP contribution in [0.15, 0.2) is 42.5 Å². The van der Waals surface area contributed by atoms with E-state index in [4.69, 9.17) is 0 Å². The van der Waals surface area contributed by atoms with Gasteiger partial charge in [0.15, 0.2) is 0 Å². The van der Waals surface area contributed by atoms with Crippen LogP contribution in [-0.4, -0.2) is 30.4 Å². The Kier molecular flexibility index (Phi) is 5.52. The number of nitrogens with one attached hydrogen (secondary N) is 2. The average molecular weight is 329 g/mol. The lowest BCUT2D eigenvalue weighted by molar-refractivity contribution is -0.116. The van der Waals surface area contributed by atoms with Crippen LogP contribution < -0.4 is 10.6 Å². The van der Waals surface area contributed by atoms with E-state index in [-0.39, 0.29) is 18.1 Å². The van der Waals surface area contributed by atoms with Crippen LogP contribution in [0.2, 0.25) is 0 Å². The Morgan fingerprint density at radius 2 is 1.62 bits per heavy atom. The van der Waals surface area contributed by atoms with E-state index in [9.17, 15) is 14.0 Å². The smallest absolute Gasteiger partial charge is 0.322 e. The van der Waals surface area contributed by atoms with E-state index in [1.807, 2.05) is 32.0 Å². The predicted molar refractivity (Wildman–Crippen MR) is 92.6 cm³/mol. The van der Waals surface area contributed by atoms with Crippen molar-refractivity contribution in [1.82, 2.24) is 4.90 Å². The molecule has 0 aliphatic carbocycles. The van der Waals surface area contributed by atoms with E-state index in [1.54, 1.807) is 6.07 Å². The number of rotatable bonds is 4. The number of carbonyl (C=O) groups excluding carboxylic acids is 2. The molecule has 2 aromatic carbocycles. The van der Waals surface area contributed by atoms with Gasteiger partial charge in [0.05, 0.1) is 5.69 Å². The van der Waals surface area contributed by atoms with Gasteiger partial charge in [-0.2, -0.15) is 0 Å². The SMILES string of the molecule is Cc1cccc(C)c1NC(=O)CN(C)C(=O)Nc1ccccc1F. The van der Waals surface area contributed by atoms with Crippen LogP contribution in [0.4, 0.5) is 20.6 Å². The fourth-order valence-corrected chi connectivity index (χ4v) is 2.25. The summed E-state index contributed by atoms with van der Waals surface area (Å²) in [4.78, 5) is 25.4. The number of nitrogens with zero attached hydrogens (tertiary/aromatic N) is 1. The van der Waals surface area contributed by atoms with E-state index in [0.29, 0.717) is 0 Å². The molecule has 0 saturated heterocycles. The monoisotopic (exact) mass is 329 g/mol. The van der Waals surface area contributed by atoms with Gasteiger partial charge >= 0.3 is 6.03 Å². The Morgan fingerprint density at radius 1 is 1.00 bits per heavy atom. The zero-order chi connectivity index (χ0) is 17.7. The number of aryl methyl sites for hydroxylation is 2. The molecule has 0 saturated carbocycles. The van der Waals surface area contributed by atoms with Gasteiger partial charge in [-0.15, -0.1) is 0 Å². The normalized spacial score (nSPS) is 10.2. The zero-order valence-corrected chi connectivity index (χ0v) is 13.9. The number of halogens is 1. The van der Waals surface area contributed by atoms with Gasteiger partial charge in [0.2, 0.25) is 5.91 Å². The molecule has 24 heavy (non-hydrogen) atoms. The van der Waals surface area contributed by atoms with E-state index >= 15 is 0 Å². The number of carbonyl (C=O) groups is 2. The largest absolute Gasteiger partial charge is 0.324 e. The summed E-state index contributed by atoms with van der Waals surface area (Å²) in [6.45, 7) is 3.66. The van der Waals surface area contributed by atoms with Crippen molar-refractivity contribution in [3.05, 3.63) is 59.4 Å². The number of anilines is 2. The Bertz CT molecular complexity index is 741. The van der Waals surface area contributed by atoms with Gasteiger partial charge in [0, 0.05) is 12.7 Å². The summed E-state index contributed by atoms with van der Waals surface area (Å²) in [5, 5.41) is 5.24. The van der Waals surface area contributed by atoms with E-state index in [1.165, 1.54) is 30.1 Å². The molecule has 0 spiro atoms. The summed E-state index contributed by atoms with van der Waals surface area (Å²) >= 11 is 0. The molecular formula is C18H20FN3O2. The number of likely N-dealkylation sites (N-methyl/N-ethyl adjacent to an activating group) is 1. The Balaban J connectivity index is 1.96. The molecule has 0 atom stereocenters. The topological polar surface area (TPSA) is 61.4 Å². The first-order valence-corrected chi connectivity index (χ1v) is 7.51. The van der Waals surface area contributed by atoms with Gasteiger partial charge in [0.1, 0.15) is 12.4 Å². The molecule has 2 rings (SSSR count). The Morgan fingerprint density at radius 3 is 2.25 bits per heavy atom. The standard InChI is InChI=1S/C18H20FN3O2/c1-12-7-6-8-13(2)17(12)21-16(23)11-22(3)18(24)20-15-10-5-4-9-14(15)19/h4-10H,11H2,1-3H3,(H,20,24)(H,21,23). The van der Waals surface area contributed by atoms with Crippen LogP contribution >= 0.6 is 0 Å². The summed E-state index contributed by atoms with van der Waals surface area (Å²) in [6, 6.07) is 11.0. The fourth-order valence-electron chi connectivity index (χ4n) is 2.25. The molecule has 0 aromatic heterocycles. The minimum atomic E-state index is -0.559. The average Bonchev–Trinajstić information content (AvgIpc) is 2.53. The highest BCUT2D eigenvalue weighted by Crippen LogP contribution is 2.19. The van der Waals surface area contributed by atoms with Crippen molar-refractivity contribution < 1.29 is 14.0 Å². The molecule has 0 aliphatic rings. The lowest BCUT2D eigenvalue weighted by Crippen LogP contribution is -2.38. The summed E-state index contributed by atoms with van der Waals surface area (Å²) in [5.74, 6) is -0.849. The van der Waals surface area contributed by atoms with E-state index in [0.717, 1.165) is 16.8 Å². The third-order valence-corrected chi connectivity index (χ3v) is 3.59. The molecule has 5 nitrogen and oxygen atoms in total. The van der Waals surface area contributed by atoms with Crippen molar-refractivity contribution in [2.24, 2.45) is 0 Å². The summed E-state index contributed by atoms with van der Waals surface area (Å²) in [7, 11) is 1.47. The fraction of sp³-hybridized carbons (Fsp3) is 0.222. The molecule has 0 aliphatic heterocycles. The van der Waals surface area contributed by atoms with Crippen molar-refractivity contribution in [2.45, 2.75) is 13.8 Å². The molecule has 0 unspecified atom stereocenters. The summed E-state index contributed by atoms with van der Waals surface area (Å²) < 4.78 is 13.5. The molecule has 0 bridgehead atoms. The van der Waals surface area contributed by atoms with Crippen LogP contribution in [0.1, 0.15) is 11.1 Å². The van der Waals surface area contributed by atoms with Crippen molar-refractivity contribution in [3.63, 3.8) is 0 Å². The zero-order valence-electron chi connectivity index (χ0n) is 13.9. The molecule has 0 radical (unpaired) electrons. The highest BCUT2D eigenvalue weighted by atomic mass is 19.1. The number of amides is 3. The van der Waals surface area contributed by atoms with Crippen molar-refractivity contribution >= 4 is 23.3 Å². The first kappa shape index (κ1) is 17.5. The maximum atomic E-state index is 13.5. The van der Waals surface area contributed by atoms with Crippen molar-refractivity contribution in [1.29, 1.82) is 0 Å². The minimum Gasteiger partial charge on any atom is -0.324 e. The van der Waals surface area contributed by atoms with Crippen LogP contribution in [0.3, 0.4) is 0 Å². The molecule has 0 heterocycles. The van der Waals surface area contributed by atoms with Gasteiger partial charge in [-0.1, -0.05) is 30.3 Å². The van der Waals surface area contributed by atoms with E-state index < -0.39 is 11.8 Å². The van der Waals surface area contributed by atoms with Gasteiger partial charge in [-0.3, -0.25) is 4.79 Å². The summed E-state index contributed by atoms with van der Waals surface area (Å²) in [5.41, 5.74) is 2.71. The van der Waals surface area contributed by atoms with Gasteiger partial charge in [-0.25, -0.2) is 9.18 Å². The van der Waals surface area contributed by atoms with Crippen molar-refractivity contribution in [3.8, 4) is 0 Å². The molecular weight excluding hydrogens is 309 g/mol. The van der Waals surface area contributed by atoms with Crippen LogP contribution in [0, 0.1) is 19.7 Å². The van der Waals surface area contributed by atoms with Crippen LogP contribution in [0.5, 0.6) is 0 Å². The maximum absolute atomic E-state index is 13.5. The number of para-hydroxylation sites is 2. The van der Waals surface area contributed by atoms with E-state index in [2.05, 4.69) is 10.6 Å². The molecule has 126 valence electrons.